The van der Waals surface area contributed by atoms with Crippen molar-refractivity contribution in [3.8, 4) is 0 Å². The second-order valence-electron chi connectivity index (χ2n) is 3.09. The van der Waals surface area contributed by atoms with Gasteiger partial charge in [-0.05, 0) is 12.5 Å². The minimum atomic E-state index is -1.85. The molecule has 0 aromatic heterocycles. The van der Waals surface area contributed by atoms with E-state index >= 15 is 0 Å². The highest BCUT2D eigenvalue weighted by molar-refractivity contribution is 5.85. The van der Waals surface area contributed by atoms with Gasteiger partial charge < -0.3 is 4.74 Å². The van der Waals surface area contributed by atoms with E-state index in [4.69, 9.17) is 0 Å². The third-order valence-corrected chi connectivity index (χ3v) is 1.98. The number of ether oxygens (including phenoxy) is 1. The quantitative estimate of drug-likeness (QED) is 0.736. The lowest BCUT2D eigenvalue weighted by Gasteiger charge is -2.06. The summed E-state index contributed by atoms with van der Waals surface area (Å²) in [4.78, 5) is 11.1. The van der Waals surface area contributed by atoms with Crippen LogP contribution in [-0.4, -0.2) is 12.6 Å². The van der Waals surface area contributed by atoms with Crippen molar-refractivity contribution >= 4 is 11.5 Å². The van der Waals surface area contributed by atoms with Crippen LogP contribution in [-0.2, 0) is 9.53 Å². The summed E-state index contributed by atoms with van der Waals surface area (Å²) in [5.74, 6) is -0.644. The molecule has 0 aliphatic carbocycles. The summed E-state index contributed by atoms with van der Waals surface area (Å²) in [7, 11) is 0. The third-order valence-electron chi connectivity index (χ3n) is 1.98. The van der Waals surface area contributed by atoms with E-state index in [0.717, 1.165) is 0 Å². The number of hydrogen-bond donors (Lipinski definition) is 0. The molecule has 1 aromatic carbocycles. The van der Waals surface area contributed by atoms with Gasteiger partial charge in [0.1, 0.15) is 0 Å². The Bertz CT molecular complexity index is 381. The Hall–Kier alpha value is -1.71. The Kier molecular flexibility index (Phi) is 4.64. The molecule has 4 heteroatoms. The Morgan fingerprint density at radius 3 is 2.38 bits per heavy atom. The minimum absolute atomic E-state index is 0.189. The maximum absolute atomic E-state index is 12.7. The van der Waals surface area contributed by atoms with Gasteiger partial charge >= 0.3 is 5.97 Å². The first-order chi connectivity index (χ1) is 7.65. The van der Waals surface area contributed by atoms with Crippen molar-refractivity contribution in [3.05, 3.63) is 42.0 Å². The van der Waals surface area contributed by atoms with Gasteiger partial charge in [-0.25, -0.2) is 0 Å². The van der Waals surface area contributed by atoms with E-state index < -0.39 is 18.5 Å². The molecule has 0 unspecified atom stereocenters. The number of halogens is 2. The van der Waals surface area contributed by atoms with Gasteiger partial charge in [0, 0.05) is 5.57 Å². The van der Waals surface area contributed by atoms with Crippen molar-refractivity contribution in [1.29, 1.82) is 0 Å². The molecule has 0 aliphatic rings. The molecule has 0 N–H and O–H groups in total. The van der Waals surface area contributed by atoms with Crippen molar-refractivity contribution in [1.82, 2.24) is 0 Å². The van der Waals surface area contributed by atoms with Crippen LogP contribution in [0.2, 0.25) is 0 Å². The Morgan fingerprint density at radius 1 is 1.25 bits per heavy atom. The van der Waals surface area contributed by atoms with Crippen LogP contribution in [0.1, 0.15) is 18.9 Å². The van der Waals surface area contributed by atoms with Crippen LogP contribution in [0.4, 0.5) is 8.78 Å². The topological polar surface area (TPSA) is 26.3 Å². The standard InChI is InChI=1S/C12H12F2O2/c1-2-16-11(15)8-10(12(13)14)9-6-4-3-5-7-9/h3-7H,2,8H2,1H3. The highest BCUT2D eigenvalue weighted by Crippen LogP contribution is 2.24. The van der Waals surface area contributed by atoms with Crippen LogP contribution in [0.3, 0.4) is 0 Å². The first-order valence-electron chi connectivity index (χ1n) is 4.90. The summed E-state index contributed by atoms with van der Waals surface area (Å²) in [5, 5.41) is 0. The maximum atomic E-state index is 12.7. The monoisotopic (exact) mass is 226 g/mol. The van der Waals surface area contributed by atoms with Gasteiger partial charge in [0.05, 0.1) is 13.0 Å². The molecule has 0 radical (unpaired) electrons. The molecule has 0 amide bonds. The lowest BCUT2D eigenvalue weighted by atomic mass is 10.0. The molecule has 1 aromatic rings. The zero-order valence-corrected chi connectivity index (χ0v) is 8.87. The second kappa shape index (κ2) is 6.00. The van der Waals surface area contributed by atoms with Crippen LogP contribution < -0.4 is 0 Å². The van der Waals surface area contributed by atoms with Gasteiger partial charge in [-0.1, -0.05) is 30.3 Å². The average molecular weight is 226 g/mol. The normalized spacial score (nSPS) is 9.69. The second-order valence-corrected chi connectivity index (χ2v) is 3.09. The summed E-state index contributed by atoms with van der Waals surface area (Å²) < 4.78 is 30.0. The number of rotatable bonds is 4. The van der Waals surface area contributed by atoms with E-state index in [9.17, 15) is 13.6 Å². The molecule has 2 nitrogen and oxygen atoms in total. The molecule has 0 atom stereocenters. The van der Waals surface area contributed by atoms with Gasteiger partial charge in [-0.15, -0.1) is 0 Å². The van der Waals surface area contributed by atoms with Gasteiger partial charge in [-0.2, -0.15) is 8.78 Å². The van der Waals surface area contributed by atoms with Crippen LogP contribution in [0.15, 0.2) is 36.4 Å². The summed E-state index contributed by atoms with van der Waals surface area (Å²) >= 11 is 0. The predicted octanol–water partition coefficient (Wildman–Crippen LogP) is 3.25. The number of benzene rings is 1. The van der Waals surface area contributed by atoms with Crippen molar-refractivity contribution in [2.24, 2.45) is 0 Å². The zero-order valence-electron chi connectivity index (χ0n) is 8.87. The molecule has 1 rings (SSSR count). The van der Waals surface area contributed by atoms with E-state index in [1.807, 2.05) is 0 Å². The number of carbonyl (C=O) groups is 1. The molecule has 0 bridgehead atoms. The molecule has 0 aliphatic heterocycles. The van der Waals surface area contributed by atoms with E-state index in [1.54, 1.807) is 25.1 Å². The first-order valence-corrected chi connectivity index (χ1v) is 4.90. The lowest BCUT2D eigenvalue weighted by molar-refractivity contribution is -0.141. The summed E-state index contributed by atoms with van der Waals surface area (Å²) in [6.07, 6.45) is -2.25. The highest BCUT2D eigenvalue weighted by atomic mass is 19.3. The van der Waals surface area contributed by atoms with Crippen LogP contribution in [0, 0.1) is 0 Å². The fraction of sp³-hybridized carbons (Fsp3) is 0.250. The molecular weight excluding hydrogens is 214 g/mol. The molecule has 0 fully saturated rings. The molecule has 0 saturated heterocycles. The van der Waals surface area contributed by atoms with Gasteiger partial charge in [0.25, 0.3) is 6.08 Å². The van der Waals surface area contributed by atoms with E-state index in [1.165, 1.54) is 12.1 Å². The number of carbonyl (C=O) groups excluding carboxylic acids is 1. The van der Waals surface area contributed by atoms with E-state index in [-0.39, 0.29) is 12.2 Å². The smallest absolute Gasteiger partial charge is 0.310 e. The molecule has 16 heavy (non-hydrogen) atoms. The van der Waals surface area contributed by atoms with Crippen molar-refractivity contribution in [3.63, 3.8) is 0 Å². The summed E-state index contributed by atoms with van der Waals surface area (Å²) in [6.45, 7) is 1.82. The van der Waals surface area contributed by atoms with E-state index in [0.29, 0.717) is 5.56 Å². The van der Waals surface area contributed by atoms with Crippen molar-refractivity contribution in [2.45, 2.75) is 13.3 Å². The van der Waals surface area contributed by atoms with Crippen LogP contribution >= 0.6 is 0 Å². The lowest BCUT2D eigenvalue weighted by Crippen LogP contribution is -2.05. The van der Waals surface area contributed by atoms with Crippen molar-refractivity contribution in [2.75, 3.05) is 6.61 Å². The largest absolute Gasteiger partial charge is 0.466 e. The molecule has 0 heterocycles. The minimum Gasteiger partial charge on any atom is -0.466 e. The molecule has 0 spiro atoms. The molecule has 0 saturated carbocycles. The predicted molar refractivity (Wildman–Crippen MR) is 56.8 cm³/mol. The number of esters is 1. The molecular formula is C12H12F2O2. The fourth-order valence-electron chi connectivity index (χ4n) is 1.27. The average Bonchev–Trinajstić information content (AvgIpc) is 2.27. The Labute approximate surface area is 92.5 Å². The van der Waals surface area contributed by atoms with Crippen LogP contribution in [0.25, 0.3) is 5.57 Å². The summed E-state index contributed by atoms with van der Waals surface area (Å²) in [5.41, 5.74) is 0.0644. The first kappa shape index (κ1) is 12.4. The van der Waals surface area contributed by atoms with Gasteiger partial charge in [0.15, 0.2) is 0 Å². The zero-order chi connectivity index (χ0) is 12.0. The van der Waals surface area contributed by atoms with E-state index in [2.05, 4.69) is 4.74 Å². The highest BCUT2D eigenvalue weighted by Gasteiger charge is 2.14. The Balaban J connectivity index is 2.87. The fourth-order valence-corrected chi connectivity index (χ4v) is 1.27. The summed E-state index contributed by atoms with van der Waals surface area (Å²) in [6, 6.07) is 8.08. The third kappa shape index (κ3) is 3.46. The van der Waals surface area contributed by atoms with Gasteiger partial charge in [-0.3, -0.25) is 4.79 Å². The molecule has 86 valence electrons. The number of hydrogen-bond acceptors (Lipinski definition) is 2. The SMILES string of the molecule is CCOC(=O)CC(=C(F)F)c1ccccc1. The van der Waals surface area contributed by atoms with Gasteiger partial charge in [0.2, 0.25) is 0 Å². The van der Waals surface area contributed by atoms with Crippen LogP contribution in [0.5, 0.6) is 0 Å². The Morgan fingerprint density at radius 2 is 1.88 bits per heavy atom. The maximum Gasteiger partial charge on any atom is 0.310 e. The van der Waals surface area contributed by atoms with Crippen molar-refractivity contribution < 1.29 is 18.3 Å².